The minimum Gasteiger partial charge on any atom is -0.497 e. The Hall–Kier alpha value is -2.84. The highest BCUT2D eigenvalue weighted by molar-refractivity contribution is 9.10. The van der Waals surface area contributed by atoms with Gasteiger partial charge in [-0.3, -0.25) is 14.9 Å². The van der Waals surface area contributed by atoms with E-state index < -0.39 is 10.8 Å². The molecule has 0 radical (unpaired) electrons. The number of benzene rings is 2. The average Bonchev–Trinajstić information content (AvgIpc) is 3.13. The third-order valence-corrected chi connectivity index (χ3v) is 4.48. The predicted octanol–water partition coefficient (Wildman–Crippen LogP) is 5.53. The summed E-state index contributed by atoms with van der Waals surface area (Å²) in [6.07, 6.45) is 0. The van der Waals surface area contributed by atoms with Gasteiger partial charge in [0, 0.05) is 4.47 Å². The van der Waals surface area contributed by atoms with Gasteiger partial charge in [0.05, 0.1) is 34.4 Å². The van der Waals surface area contributed by atoms with Crippen LogP contribution in [0.2, 0.25) is 5.02 Å². The van der Waals surface area contributed by atoms with Crippen LogP contribution < -0.4 is 10.1 Å². The van der Waals surface area contributed by atoms with Crippen molar-refractivity contribution in [2.75, 3.05) is 12.4 Å². The topological polar surface area (TPSA) is 94.6 Å². The van der Waals surface area contributed by atoms with Gasteiger partial charge in [-0.15, -0.1) is 0 Å². The number of rotatable bonds is 5. The van der Waals surface area contributed by atoms with E-state index in [1.165, 1.54) is 31.4 Å². The molecule has 0 spiro atoms. The van der Waals surface area contributed by atoms with E-state index in [9.17, 15) is 14.9 Å². The summed E-state index contributed by atoms with van der Waals surface area (Å²) in [6.45, 7) is 0. The molecule has 1 N–H and O–H groups in total. The molecule has 0 aliphatic carbocycles. The lowest BCUT2D eigenvalue weighted by Crippen LogP contribution is -2.11. The Balaban J connectivity index is 1.88. The van der Waals surface area contributed by atoms with Crippen molar-refractivity contribution in [2.24, 2.45) is 0 Å². The van der Waals surface area contributed by atoms with Crippen LogP contribution in [0.1, 0.15) is 10.6 Å². The quantitative estimate of drug-likeness (QED) is 0.406. The summed E-state index contributed by atoms with van der Waals surface area (Å²) in [5.41, 5.74) is 0.464. The molecule has 0 saturated carbocycles. The first-order chi connectivity index (χ1) is 12.9. The number of nitro benzene ring substituents is 1. The van der Waals surface area contributed by atoms with E-state index in [2.05, 4.69) is 21.2 Å². The van der Waals surface area contributed by atoms with Crippen LogP contribution in [0.25, 0.3) is 11.3 Å². The number of amides is 1. The smallest absolute Gasteiger partial charge is 0.291 e. The lowest BCUT2D eigenvalue weighted by Gasteiger charge is -2.06. The highest BCUT2D eigenvalue weighted by atomic mass is 79.9. The van der Waals surface area contributed by atoms with E-state index in [0.29, 0.717) is 16.5 Å². The normalized spacial score (nSPS) is 10.5. The van der Waals surface area contributed by atoms with Crippen LogP contribution >= 0.6 is 27.5 Å². The Kier molecular flexibility index (Phi) is 5.48. The van der Waals surface area contributed by atoms with E-state index in [0.717, 1.165) is 4.47 Å². The molecular formula is C18H12BrClN2O5. The van der Waals surface area contributed by atoms with E-state index in [-0.39, 0.29) is 22.8 Å². The van der Waals surface area contributed by atoms with Gasteiger partial charge in [-0.05, 0) is 42.5 Å². The number of hydrogen-bond donors (Lipinski definition) is 1. The minimum atomic E-state index is -0.540. The molecule has 3 rings (SSSR count). The van der Waals surface area contributed by atoms with Crippen molar-refractivity contribution in [3.05, 3.63) is 73.9 Å². The molecule has 0 aliphatic rings. The Bertz CT molecular complexity index is 1030. The second-order valence-corrected chi connectivity index (χ2v) is 6.71. The zero-order chi connectivity index (χ0) is 19.6. The first-order valence-electron chi connectivity index (χ1n) is 7.58. The van der Waals surface area contributed by atoms with Crippen LogP contribution in [0.15, 0.2) is 57.4 Å². The monoisotopic (exact) mass is 450 g/mol. The molecule has 7 nitrogen and oxygen atoms in total. The van der Waals surface area contributed by atoms with Crippen LogP contribution in [-0.4, -0.2) is 17.9 Å². The Morgan fingerprint density at radius 1 is 1.22 bits per heavy atom. The first-order valence-corrected chi connectivity index (χ1v) is 8.75. The Morgan fingerprint density at radius 2 is 2.00 bits per heavy atom. The molecule has 3 aromatic rings. The number of halogens is 2. The van der Waals surface area contributed by atoms with Crippen LogP contribution in [0.5, 0.6) is 5.75 Å². The molecule has 1 amide bonds. The summed E-state index contributed by atoms with van der Waals surface area (Å²) in [5, 5.41) is 14.3. The fourth-order valence-corrected chi connectivity index (χ4v) is 3.10. The van der Waals surface area contributed by atoms with Gasteiger partial charge < -0.3 is 14.5 Å². The van der Waals surface area contributed by atoms with E-state index in [1.54, 1.807) is 24.3 Å². The standard InChI is InChI=1S/C18H12BrClN2O5/c1-26-11-3-4-12(15(9-11)22(24)25)16-6-7-17(27-16)18(23)21-14-5-2-10(19)8-13(14)20/h2-9H,1H3,(H,21,23). The number of hydrogen-bond acceptors (Lipinski definition) is 5. The Labute approximate surface area is 167 Å². The van der Waals surface area contributed by atoms with Gasteiger partial charge in [0.1, 0.15) is 11.5 Å². The lowest BCUT2D eigenvalue weighted by molar-refractivity contribution is -0.384. The number of ether oxygens (including phenoxy) is 1. The van der Waals surface area contributed by atoms with Crippen LogP contribution in [0.3, 0.4) is 0 Å². The molecule has 2 aromatic carbocycles. The number of nitrogens with one attached hydrogen (secondary N) is 1. The molecule has 1 aromatic heterocycles. The van der Waals surface area contributed by atoms with Gasteiger partial charge >= 0.3 is 0 Å². The fraction of sp³-hybridized carbons (Fsp3) is 0.0556. The number of nitrogens with zero attached hydrogens (tertiary/aromatic N) is 1. The highest BCUT2D eigenvalue weighted by Gasteiger charge is 2.21. The molecule has 0 aliphatic heterocycles. The summed E-state index contributed by atoms with van der Waals surface area (Å²) in [5.74, 6) is 0.00648. The predicted molar refractivity (Wildman–Crippen MR) is 104 cm³/mol. The molecule has 0 saturated heterocycles. The zero-order valence-electron chi connectivity index (χ0n) is 13.9. The number of anilines is 1. The summed E-state index contributed by atoms with van der Waals surface area (Å²) in [7, 11) is 1.42. The third kappa shape index (κ3) is 4.12. The van der Waals surface area contributed by atoms with Gasteiger partial charge in [-0.25, -0.2) is 0 Å². The van der Waals surface area contributed by atoms with E-state index in [1.807, 2.05) is 0 Å². The average molecular weight is 452 g/mol. The lowest BCUT2D eigenvalue weighted by atomic mass is 10.1. The van der Waals surface area contributed by atoms with Crippen molar-refractivity contribution in [3.8, 4) is 17.1 Å². The van der Waals surface area contributed by atoms with Crippen molar-refractivity contribution in [3.63, 3.8) is 0 Å². The van der Waals surface area contributed by atoms with Gasteiger partial charge in [0.15, 0.2) is 5.76 Å². The Morgan fingerprint density at radius 3 is 2.67 bits per heavy atom. The molecule has 9 heteroatoms. The molecule has 138 valence electrons. The zero-order valence-corrected chi connectivity index (χ0v) is 16.2. The molecule has 0 atom stereocenters. The summed E-state index contributed by atoms with van der Waals surface area (Å²) in [6, 6.07) is 12.3. The van der Waals surface area contributed by atoms with E-state index >= 15 is 0 Å². The van der Waals surface area contributed by atoms with Gasteiger partial charge in [0.2, 0.25) is 0 Å². The van der Waals surface area contributed by atoms with Crippen LogP contribution in [-0.2, 0) is 0 Å². The molecular weight excluding hydrogens is 440 g/mol. The second-order valence-electron chi connectivity index (χ2n) is 5.38. The maximum Gasteiger partial charge on any atom is 0.291 e. The largest absolute Gasteiger partial charge is 0.497 e. The second kappa shape index (κ2) is 7.81. The van der Waals surface area contributed by atoms with Crippen molar-refractivity contribution in [1.82, 2.24) is 0 Å². The molecule has 0 fully saturated rings. The molecule has 1 heterocycles. The third-order valence-electron chi connectivity index (χ3n) is 3.68. The number of methoxy groups -OCH3 is 1. The SMILES string of the molecule is COc1ccc(-c2ccc(C(=O)Nc3ccc(Br)cc3Cl)o2)c([N+](=O)[O-])c1. The van der Waals surface area contributed by atoms with Gasteiger partial charge in [-0.1, -0.05) is 27.5 Å². The summed E-state index contributed by atoms with van der Waals surface area (Å²) >= 11 is 9.37. The van der Waals surface area contributed by atoms with Crippen molar-refractivity contribution in [1.29, 1.82) is 0 Å². The van der Waals surface area contributed by atoms with Crippen LogP contribution in [0.4, 0.5) is 11.4 Å². The number of carbonyl (C=O) groups excluding carboxylic acids is 1. The molecule has 27 heavy (non-hydrogen) atoms. The molecule has 0 unspecified atom stereocenters. The van der Waals surface area contributed by atoms with Crippen molar-refractivity contribution in [2.45, 2.75) is 0 Å². The number of carbonyl (C=O) groups is 1. The van der Waals surface area contributed by atoms with Crippen molar-refractivity contribution >= 4 is 44.8 Å². The minimum absolute atomic E-state index is 0.00546. The molecule has 0 bridgehead atoms. The van der Waals surface area contributed by atoms with E-state index in [4.69, 9.17) is 20.8 Å². The van der Waals surface area contributed by atoms with Crippen LogP contribution in [0, 0.1) is 10.1 Å². The maximum absolute atomic E-state index is 12.4. The van der Waals surface area contributed by atoms with Gasteiger partial charge in [-0.2, -0.15) is 0 Å². The first kappa shape index (κ1) is 18.9. The summed E-state index contributed by atoms with van der Waals surface area (Å²) < 4.78 is 11.3. The fourth-order valence-electron chi connectivity index (χ4n) is 2.38. The summed E-state index contributed by atoms with van der Waals surface area (Å²) in [4.78, 5) is 23.2. The van der Waals surface area contributed by atoms with Gasteiger partial charge in [0.25, 0.3) is 11.6 Å². The highest BCUT2D eigenvalue weighted by Crippen LogP contribution is 2.34. The number of furan rings is 1. The number of nitro groups is 1. The maximum atomic E-state index is 12.4. The van der Waals surface area contributed by atoms with Crippen molar-refractivity contribution < 1.29 is 18.9 Å².